The Morgan fingerprint density at radius 3 is 3.06 bits per heavy atom. The Labute approximate surface area is 101 Å². The fourth-order valence-corrected chi connectivity index (χ4v) is 2.08. The molecule has 94 valence electrons. The van der Waals surface area contributed by atoms with E-state index < -0.39 is 0 Å². The zero-order chi connectivity index (χ0) is 12.3. The fourth-order valence-electron chi connectivity index (χ4n) is 2.08. The molecule has 1 saturated heterocycles. The maximum atomic E-state index is 12.3. The van der Waals surface area contributed by atoms with Gasteiger partial charge >= 0.3 is 0 Å². The molecule has 0 unspecified atom stereocenters. The van der Waals surface area contributed by atoms with E-state index in [2.05, 4.69) is 0 Å². The predicted molar refractivity (Wildman–Crippen MR) is 65.9 cm³/mol. The third kappa shape index (κ3) is 2.61. The standard InChI is InChI=1S/C12H19N3O2/c1-2-14-9-10(13)8-11(14)12(16)15-4-3-6-17-7-5-15/h8-9H,2-7,13H2,1H3. The van der Waals surface area contributed by atoms with Crippen LogP contribution in [0, 0.1) is 0 Å². The van der Waals surface area contributed by atoms with Crippen molar-refractivity contribution in [1.29, 1.82) is 0 Å². The molecule has 1 aromatic heterocycles. The van der Waals surface area contributed by atoms with E-state index in [1.807, 2.05) is 22.6 Å². The first-order valence-electron chi connectivity index (χ1n) is 6.05. The molecule has 0 radical (unpaired) electrons. The number of hydrogen-bond acceptors (Lipinski definition) is 3. The van der Waals surface area contributed by atoms with Crippen LogP contribution in [0.25, 0.3) is 0 Å². The van der Waals surface area contributed by atoms with Gasteiger partial charge < -0.3 is 19.9 Å². The van der Waals surface area contributed by atoms with E-state index in [4.69, 9.17) is 10.5 Å². The third-order valence-electron chi connectivity index (χ3n) is 2.99. The highest BCUT2D eigenvalue weighted by Gasteiger charge is 2.20. The van der Waals surface area contributed by atoms with Gasteiger partial charge in [0.2, 0.25) is 0 Å². The van der Waals surface area contributed by atoms with Gasteiger partial charge in [0.1, 0.15) is 5.69 Å². The molecule has 0 bridgehead atoms. The molecule has 1 aliphatic rings. The summed E-state index contributed by atoms with van der Waals surface area (Å²) in [5, 5.41) is 0. The number of aryl methyl sites for hydroxylation is 1. The van der Waals surface area contributed by atoms with Crippen molar-refractivity contribution in [2.75, 3.05) is 32.0 Å². The van der Waals surface area contributed by atoms with Gasteiger partial charge in [0.25, 0.3) is 5.91 Å². The maximum absolute atomic E-state index is 12.3. The highest BCUT2D eigenvalue weighted by Crippen LogP contribution is 2.14. The zero-order valence-electron chi connectivity index (χ0n) is 10.2. The number of carbonyl (C=O) groups excluding carboxylic acids is 1. The van der Waals surface area contributed by atoms with Crippen LogP contribution in [0.4, 0.5) is 5.69 Å². The average Bonchev–Trinajstić information content (AvgIpc) is 2.55. The van der Waals surface area contributed by atoms with Gasteiger partial charge in [-0.05, 0) is 19.4 Å². The molecule has 0 aliphatic carbocycles. The average molecular weight is 237 g/mol. The van der Waals surface area contributed by atoms with Crippen molar-refractivity contribution < 1.29 is 9.53 Å². The van der Waals surface area contributed by atoms with Crippen LogP contribution in [0.2, 0.25) is 0 Å². The summed E-state index contributed by atoms with van der Waals surface area (Å²) in [6.45, 7) is 5.53. The van der Waals surface area contributed by atoms with Crippen LogP contribution in [0.3, 0.4) is 0 Å². The number of ether oxygens (including phenoxy) is 1. The largest absolute Gasteiger partial charge is 0.397 e. The molecule has 1 fully saturated rings. The topological polar surface area (TPSA) is 60.5 Å². The molecule has 5 nitrogen and oxygen atoms in total. The second-order valence-corrected chi connectivity index (χ2v) is 4.20. The quantitative estimate of drug-likeness (QED) is 0.833. The lowest BCUT2D eigenvalue weighted by Crippen LogP contribution is -2.34. The van der Waals surface area contributed by atoms with Crippen molar-refractivity contribution in [3.05, 3.63) is 18.0 Å². The van der Waals surface area contributed by atoms with E-state index in [0.29, 0.717) is 24.5 Å². The van der Waals surface area contributed by atoms with Gasteiger partial charge in [0.05, 0.1) is 12.3 Å². The number of nitrogens with two attached hydrogens (primary N) is 1. The summed E-state index contributed by atoms with van der Waals surface area (Å²) in [7, 11) is 0. The molecule has 17 heavy (non-hydrogen) atoms. The molecule has 0 atom stereocenters. The van der Waals surface area contributed by atoms with E-state index in [9.17, 15) is 4.79 Å². The summed E-state index contributed by atoms with van der Waals surface area (Å²) < 4.78 is 7.24. The zero-order valence-corrected chi connectivity index (χ0v) is 10.2. The number of carbonyl (C=O) groups is 1. The smallest absolute Gasteiger partial charge is 0.270 e. The lowest BCUT2D eigenvalue weighted by molar-refractivity contribution is 0.0731. The number of nitrogen functional groups attached to an aromatic ring is 1. The van der Waals surface area contributed by atoms with Crippen molar-refractivity contribution in [3.63, 3.8) is 0 Å². The van der Waals surface area contributed by atoms with Crippen molar-refractivity contribution in [2.24, 2.45) is 0 Å². The molecule has 1 aromatic rings. The minimum Gasteiger partial charge on any atom is -0.397 e. The summed E-state index contributed by atoms with van der Waals surface area (Å²) in [6.07, 6.45) is 2.70. The van der Waals surface area contributed by atoms with Crippen LogP contribution >= 0.6 is 0 Å². The van der Waals surface area contributed by atoms with Crippen molar-refractivity contribution in [2.45, 2.75) is 19.9 Å². The van der Waals surface area contributed by atoms with E-state index in [1.165, 1.54) is 0 Å². The molecule has 0 aromatic carbocycles. The molecule has 1 amide bonds. The van der Waals surface area contributed by atoms with Gasteiger partial charge in [0, 0.05) is 32.4 Å². The first kappa shape index (κ1) is 12.0. The van der Waals surface area contributed by atoms with Crippen LogP contribution in [0.5, 0.6) is 0 Å². The Bertz CT molecular complexity index is 392. The fraction of sp³-hybridized carbons (Fsp3) is 0.583. The maximum Gasteiger partial charge on any atom is 0.270 e. The van der Waals surface area contributed by atoms with Crippen LogP contribution < -0.4 is 5.73 Å². The molecule has 2 heterocycles. The molecule has 5 heteroatoms. The lowest BCUT2D eigenvalue weighted by atomic mass is 10.3. The monoisotopic (exact) mass is 237 g/mol. The summed E-state index contributed by atoms with van der Waals surface area (Å²) in [6, 6.07) is 1.75. The SMILES string of the molecule is CCn1cc(N)cc1C(=O)N1CCCOCC1. The van der Waals surface area contributed by atoms with Gasteiger partial charge in [-0.25, -0.2) is 0 Å². The first-order valence-corrected chi connectivity index (χ1v) is 6.05. The van der Waals surface area contributed by atoms with Gasteiger partial charge in [-0.1, -0.05) is 0 Å². The molecule has 1 aliphatic heterocycles. The summed E-state index contributed by atoms with van der Waals surface area (Å²) in [5.74, 6) is 0.0500. The number of amides is 1. The Morgan fingerprint density at radius 1 is 1.47 bits per heavy atom. The Kier molecular flexibility index (Phi) is 3.68. The summed E-state index contributed by atoms with van der Waals surface area (Å²) >= 11 is 0. The Balaban J connectivity index is 2.17. The van der Waals surface area contributed by atoms with Crippen molar-refractivity contribution in [1.82, 2.24) is 9.47 Å². The minimum atomic E-state index is 0.0500. The summed E-state index contributed by atoms with van der Waals surface area (Å²) in [5.41, 5.74) is 7.05. The second-order valence-electron chi connectivity index (χ2n) is 4.20. The Morgan fingerprint density at radius 2 is 2.29 bits per heavy atom. The molecular formula is C12H19N3O2. The second kappa shape index (κ2) is 5.23. The first-order chi connectivity index (χ1) is 8.22. The number of nitrogens with zero attached hydrogens (tertiary/aromatic N) is 2. The minimum absolute atomic E-state index is 0.0500. The van der Waals surface area contributed by atoms with E-state index in [0.717, 1.165) is 26.1 Å². The predicted octanol–water partition coefficient (Wildman–Crippen LogP) is 0.953. The molecular weight excluding hydrogens is 218 g/mol. The van der Waals surface area contributed by atoms with Crippen LogP contribution in [-0.2, 0) is 11.3 Å². The van der Waals surface area contributed by atoms with Crippen LogP contribution in [0.1, 0.15) is 23.8 Å². The molecule has 2 N–H and O–H groups in total. The number of aromatic nitrogens is 1. The highest BCUT2D eigenvalue weighted by molar-refractivity contribution is 5.93. The lowest BCUT2D eigenvalue weighted by Gasteiger charge is -2.20. The van der Waals surface area contributed by atoms with Gasteiger partial charge in [-0.3, -0.25) is 4.79 Å². The molecule has 0 spiro atoms. The van der Waals surface area contributed by atoms with Gasteiger partial charge in [-0.15, -0.1) is 0 Å². The highest BCUT2D eigenvalue weighted by atomic mass is 16.5. The van der Waals surface area contributed by atoms with Crippen molar-refractivity contribution in [3.8, 4) is 0 Å². The van der Waals surface area contributed by atoms with Crippen LogP contribution in [0.15, 0.2) is 12.3 Å². The van der Waals surface area contributed by atoms with Crippen LogP contribution in [-0.4, -0.2) is 41.7 Å². The van der Waals surface area contributed by atoms with Crippen molar-refractivity contribution >= 4 is 11.6 Å². The summed E-state index contributed by atoms with van der Waals surface area (Å²) in [4.78, 5) is 14.2. The number of rotatable bonds is 2. The van der Waals surface area contributed by atoms with E-state index in [1.54, 1.807) is 6.07 Å². The van der Waals surface area contributed by atoms with E-state index in [-0.39, 0.29) is 5.91 Å². The third-order valence-corrected chi connectivity index (χ3v) is 2.99. The number of hydrogen-bond donors (Lipinski definition) is 1. The van der Waals surface area contributed by atoms with E-state index >= 15 is 0 Å². The van der Waals surface area contributed by atoms with Gasteiger partial charge in [0.15, 0.2) is 0 Å². The number of anilines is 1. The molecule has 2 rings (SSSR count). The molecule has 0 saturated carbocycles. The normalized spacial score (nSPS) is 16.9. The van der Waals surface area contributed by atoms with Gasteiger partial charge in [-0.2, -0.15) is 0 Å². The Hall–Kier alpha value is -1.49.